The first-order chi connectivity index (χ1) is 9.97. The van der Waals surface area contributed by atoms with Crippen molar-refractivity contribution in [2.45, 2.75) is 0 Å². The molecule has 3 N–H and O–H groups in total. The number of phenolic OH excluding ortho intramolecular Hbond substituents is 1. The lowest BCUT2D eigenvalue weighted by Gasteiger charge is -2.03. The lowest BCUT2D eigenvalue weighted by Crippen LogP contribution is -2.05. The van der Waals surface area contributed by atoms with E-state index < -0.39 is 11.9 Å². The molecule has 0 heterocycles. The highest BCUT2D eigenvalue weighted by Crippen LogP contribution is 2.17. The number of carboxylic acid groups (broad SMARTS) is 2. The van der Waals surface area contributed by atoms with Crippen LogP contribution < -0.4 is 0 Å². The van der Waals surface area contributed by atoms with Crippen LogP contribution in [0.4, 0.5) is 5.69 Å². The predicted octanol–water partition coefficient (Wildman–Crippen LogP) is 2.54. The Kier molecular flexibility index (Phi) is 3.99. The zero-order valence-corrected chi connectivity index (χ0v) is 10.7. The smallest absolute Gasteiger partial charge is 0.336 e. The molecule has 0 saturated carbocycles. The summed E-state index contributed by atoms with van der Waals surface area (Å²) in [7, 11) is 0. The van der Waals surface area contributed by atoms with Crippen molar-refractivity contribution in [3.05, 3.63) is 59.2 Å². The molecule has 0 fully saturated rings. The second-order valence-electron chi connectivity index (χ2n) is 4.19. The molecule has 0 atom stereocenters. The standard InChI is InChI=1S/C15H11NO5/c17-12-4-2-11(3-5-12)16-8-10-7-9(14(18)19)1-6-13(10)15(20)21/h1-8,17H,(H,18,19)(H,20,21)/b16-8+. The Balaban J connectivity index is 2.40. The Hall–Kier alpha value is -3.15. The van der Waals surface area contributed by atoms with Crippen molar-refractivity contribution < 1.29 is 24.9 Å². The number of aromatic carboxylic acids is 2. The number of carbonyl (C=O) groups is 2. The summed E-state index contributed by atoms with van der Waals surface area (Å²) in [5, 5.41) is 27.2. The number of benzene rings is 2. The Morgan fingerprint density at radius 2 is 1.62 bits per heavy atom. The summed E-state index contributed by atoms with van der Waals surface area (Å²) in [6, 6.07) is 9.68. The summed E-state index contributed by atoms with van der Waals surface area (Å²) in [4.78, 5) is 26.1. The van der Waals surface area contributed by atoms with E-state index in [2.05, 4.69) is 4.99 Å². The molecule has 0 radical (unpaired) electrons. The molecular weight excluding hydrogens is 274 g/mol. The molecule has 6 heteroatoms. The van der Waals surface area contributed by atoms with Gasteiger partial charge in [-0.15, -0.1) is 0 Å². The van der Waals surface area contributed by atoms with Crippen LogP contribution >= 0.6 is 0 Å². The molecule has 2 rings (SSSR count). The molecule has 0 unspecified atom stereocenters. The van der Waals surface area contributed by atoms with E-state index in [1.807, 2.05) is 0 Å². The maximum atomic E-state index is 11.1. The van der Waals surface area contributed by atoms with Gasteiger partial charge in [-0.3, -0.25) is 4.99 Å². The van der Waals surface area contributed by atoms with E-state index in [1.54, 1.807) is 12.1 Å². The van der Waals surface area contributed by atoms with E-state index in [9.17, 15) is 9.59 Å². The number of rotatable bonds is 4. The van der Waals surface area contributed by atoms with E-state index in [0.29, 0.717) is 5.69 Å². The minimum absolute atomic E-state index is 0.0212. The van der Waals surface area contributed by atoms with Gasteiger partial charge >= 0.3 is 11.9 Å². The van der Waals surface area contributed by atoms with Crippen LogP contribution in [-0.4, -0.2) is 33.5 Å². The second kappa shape index (κ2) is 5.87. The SMILES string of the molecule is O=C(O)c1ccc(C(=O)O)c(/C=N/c2ccc(O)cc2)c1. The molecule has 2 aromatic rings. The van der Waals surface area contributed by atoms with Gasteiger partial charge in [-0.25, -0.2) is 9.59 Å². The predicted molar refractivity (Wildman–Crippen MR) is 75.7 cm³/mol. The van der Waals surface area contributed by atoms with E-state index in [1.165, 1.54) is 36.5 Å². The van der Waals surface area contributed by atoms with E-state index >= 15 is 0 Å². The molecule has 106 valence electrons. The molecule has 0 bridgehead atoms. The molecule has 0 aliphatic rings. The third kappa shape index (κ3) is 3.44. The minimum atomic E-state index is -1.17. The molecule has 0 spiro atoms. The van der Waals surface area contributed by atoms with Gasteiger partial charge in [0, 0.05) is 11.8 Å². The third-order valence-electron chi connectivity index (χ3n) is 2.73. The Morgan fingerprint density at radius 3 is 2.19 bits per heavy atom. The number of carboxylic acids is 2. The third-order valence-corrected chi connectivity index (χ3v) is 2.73. The van der Waals surface area contributed by atoms with Crippen LogP contribution in [0.15, 0.2) is 47.5 Å². The van der Waals surface area contributed by atoms with Gasteiger partial charge in [0.2, 0.25) is 0 Å². The highest BCUT2D eigenvalue weighted by molar-refractivity contribution is 6.01. The topological polar surface area (TPSA) is 107 Å². The summed E-state index contributed by atoms with van der Waals surface area (Å²) >= 11 is 0. The highest BCUT2D eigenvalue weighted by atomic mass is 16.4. The van der Waals surface area contributed by atoms with Crippen LogP contribution in [0.2, 0.25) is 0 Å². The van der Waals surface area contributed by atoms with Gasteiger partial charge in [-0.2, -0.15) is 0 Å². The van der Waals surface area contributed by atoms with Crippen molar-refractivity contribution in [2.24, 2.45) is 4.99 Å². The summed E-state index contributed by atoms with van der Waals surface area (Å²) < 4.78 is 0. The second-order valence-corrected chi connectivity index (χ2v) is 4.19. The van der Waals surface area contributed by atoms with Crippen molar-refractivity contribution >= 4 is 23.8 Å². The first kappa shape index (κ1) is 14.3. The van der Waals surface area contributed by atoms with Crippen LogP contribution in [-0.2, 0) is 0 Å². The Morgan fingerprint density at radius 1 is 0.952 bits per heavy atom. The maximum Gasteiger partial charge on any atom is 0.336 e. The fourth-order valence-corrected chi connectivity index (χ4v) is 1.68. The maximum absolute atomic E-state index is 11.1. The molecule has 0 aromatic heterocycles. The number of aromatic hydroxyl groups is 1. The Labute approximate surface area is 119 Å². The summed E-state index contributed by atoms with van der Waals surface area (Å²) in [6.45, 7) is 0. The quantitative estimate of drug-likeness (QED) is 0.748. The monoisotopic (exact) mass is 285 g/mol. The summed E-state index contributed by atoms with van der Waals surface area (Å²) in [5.74, 6) is -2.22. The fraction of sp³-hybridized carbons (Fsp3) is 0. The molecule has 0 amide bonds. The summed E-state index contributed by atoms with van der Waals surface area (Å²) in [5.41, 5.74) is 0.634. The molecule has 2 aromatic carbocycles. The van der Waals surface area contributed by atoms with Gasteiger partial charge in [0.1, 0.15) is 5.75 Å². The molecule has 6 nitrogen and oxygen atoms in total. The summed E-state index contributed by atoms with van der Waals surface area (Å²) in [6.07, 6.45) is 1.28. The normalized spacial score (nSPS) is 10.7. The lowest BCUT2D eigenvalue weighted by molar-refractivity contribution is 0.0681. The molecule has 0 aliphatic carbocycles. The van der Waals surface area contributed by atoms with Crippen molar-refractivity contribution in [1.29, 1.82) is 0 Å². The number of aliphatic imine (C=N–C) groups is 1. The van der Waals surface area contributed by atoms with Crippen molar-refractivity contribution in [2.75, 3.05) is 0 Å². The van der Waals surface area contributed by atoms with Crippen LogP contribution in [0.25, 0.3) is 0 Å². The van der Waals surface area contributed by atoms with E-state index in [-0.39, 0.29) is 22.4 Å². The van der Waals surface area contributed by atoms with Crippen molar-refractivity contribution in [1.82, 2.24) is 0 Å². The van der Waals surface area contributed by atoms with Gasteiger partial charge in [-0.1, -0.05) is 0 Å². The van der Waals surface area contributed by atoms with E-state index in [0.717, 1.165) is 0 Å². The number of hydrogen-bond acceptors (Lipinski definition) is 4. The van der Waals surface area contributed by atoms with Crippen molar-refractivity contribution in [3.8, 4) is 5.75 Å². The van der Waals surface area contributed by atoms with Crippen LogP contribution in [0, 0.1) is 0 Å². The molecule has 0 saturated heterocycles. The minimum Gasteiger partial charge on any atom is -0.508 e. The molecule has 0 aliphatic heterocycles. The van der Waals surface area contributed by atoms with Crippen LogP contribution in [0.1, 0.15) is 26.3 Å². The van der Waals surface area contributed by atoms with Crippen molar-refractivity contribution in [3.63, 3.8) is 0 Å². The van der Waals surface area contributed by atoms with Crippen LogP contribution in [0.5, 0.6) is 5.75 Å². The molecular formula is C15H11NO5. The number of hydrogen-bond donors (Lipinski definition) is 3. The van der Waals surface area contributed by atoms with Gasteiger partial charge in [0.25, 0.3) is 0 Å². The van der Waals surface area contributed by atoms with Gasteiger partial charge < -0.3 is 15.3 Å². The van der Waals surface area contributed by atoms with Crippen LogP contribution in [0.3, 0.4) is 0 Å². The fourth-order valence-electron chi connectivity index (χ4n) is 1.68. The lowest BCUT2D eigenvalue weighted by atomic mass is 10.0. The first-order valence-corrected chi connectivity index (χ1v) is 5.91. The highest BCUT2D eigenvalue weighted by Gasteiger charge is 2.12. The van der Waals surface area contributed by atoms with Gasteiger partial charge in [0.15, 0.2) is 0 Å². The van der Waals surface area contributed by atoms with Gasteiger partial charge in [0.05, 0.1) is 16.8 Å². The largest absolute Gasteiger partial charge is 0.508 e. The number of nitrogens with zero attached hydrogens (tertiary/aromatic N) is 1. The zero-order chi connectivity index (χ0) is 15.4. The molecule has 21 heavy (non-hydrogen) atoms. The Bertz CT molecular complexity index is 719. The first-order valence-electron chi connectivity index (χ1n) is 5.91. The number of phenols is 1. The van der Waals surface area contributed by atoms with E-state index in [4.69, 9.17) is 15.3 Å². The average Bonchev–Trinajstić information content (AvgIpc) is 2.46. The zero-order valence-electron chi connectivity index (χ0n) is 10.7. The average molecular weight is 285 g/mol. The van der Waals surface area contributed by atoms with Gasteiger partial charge in [-0.05, 0) is 42.5 Å².